The Hall–Kier alpha value is -1.32. The highest BCUT2D eigenvalue weighted by Gasteiger charge is 2.52. The lowest BCUT2D eigenvalue weighted by molar-refractivity contribution is -0.157. The molecule has 0 heterocycles. The third-order valence-corrected chi connectivity index (χ3v) is 3.26. The summed E-state index contributed by atoms with van der Waals surface area (Å²) in [6.07, 6.45) is 4.59. The summed E-state index contributed by atoms with van der Waals surface area (Å²) in [7, 11) is 0. The minimum Gasteiger partial charge on any atom is -0.481 e. The molecule has 1 saturated carbocycles. The van der Waals surface area contributed by atoms with E-state index < -0.39 is 23.8 Å². The highest BCUT2D eigenvalue weighted by molar-refractivity contribution is 5.83. The molecular formula is C11H13O4. The van der Waals surface area contributed by atoms with Crippen LogP contribution in [0.5, 0.6) is 0 Å². The summed E-state index contributed by atoms with van der Waals surface area (Å²) in [5, 5.41) is 9.07. The van der Waals surface area contributed by atoms with E-state index in [4.69, 9.17) is 9.84 Å². The van der Waals surface area contributed by atoms with Gasteiger partial charge in [0.15, 0.2) is 0 Å². The van der Waals surface area contributed by atoms with Crippen molar-refractivity contribution >= 4 is 11.9 Å². The minimum absolute atomic E-state index is 0.00475. The predicted octanol–water partition coefficient (Wildman–Crippen LogP) is 0.887. The van der Waals surface area contributed by atoms with E-state index in [9.17, 15) is 9.59 Å². The molecule has 1 N–H and O–H groups in total. The zero-order chi connectivity index (χ0) is 11.0. The fourth-order valence-electron chi connectivity index (χ4n) is 2.68. The topological polar surface area (TPSA) is 63.6 Å². The third-order valence-electron chi connectivity index (χ3n) is 3.26. The number of ether oxygens (including phenoxy) is 1. The molecular weight excluding hydrogens is 196 g/mol. The van der Waals surface area contributed by atoms with Crippen molar-refractivity contribution in [2.75, 3.05) is 6.61 Å². The molecule has 4 nitrogen and oxygen atoms in total. The van der Waals surface area contributed by atoms with Crippen molar-refractivity contribution < 1.29 is 19.4 Å². The summed E-state index contributed by atoms with van der Waals surface area (Å²) in [4.78, 5) is 22.6. The SMILES string of the molecule is [CH2]COC(=O)C1C2C=CC(C2)C1C(=O)O. The van der Waals surface area contributed by atoms with Crippen LogP contribution in [0.15, 0.2) is 12.2 Å². The van der Waals surface area contributed by atoms with Crippen LogP contribution in [0, 0.1) is 30.6 Å². The number of hydrogen-bond acceptors (Lipinski definition) is 3. The van der Waals surface area contributed by atoms with Gasteiger partial charge in [0.05, 0.1) is 18.4 Å². The van der Waals surface area contributed by atoms with Gasteiger partial charge >= 0.3 is 11.9 Å². The Morgan fingerprint density at radius 1 is 1.33 bits per heavy atom. The fourth-order valence-corrected chi connectivity index (χ4v) is 2.68. The number of aliphatic carboxylic acids is 1. The van der Waals surface area contributed by atoms with Crippen LogP contribution in [-0.2, 0) is 14.3 Å². The van der Waals surface area contributed by atoms with Crippen molar-refractivity contribution in [1.29, 1.82) is 0 Å². The summed E-state index contributed by atoms with van der Waals surface area (Å²) in [5.74, 6) is -2.42. The van der Waals surface area contributed by atoms with Gasteiger partial charge in [0.25, 0.3) is 0 Å². The van der Waals surface area contributed by atoms with E-state index in [0.29, 0.717) is 0 Å². The van der Waals surface area contributed by atoms with E-state index >= 15 is 0 Å². The molecule has 1 radical (unpaired) electrons. The first-order valence-corrected chi connectivity index (χ1v) is 5.02. The number of hydrogen-bond donors (Lipinski definition) is 1. The summed E-state index contributed by atoms with van der Waals surface area (Å²) in [6.45, 7) is 3.48. The monoisotopic (exact) mass is 209 g/mol. The molecule has 0 aromatic carbocycles. The van der Waals surface area contributed by atoms with Crippen LogP contribution in [0.25, 0.3) is 0 Å². The fraction of sp³-hybridized carbons (Fsp3) is 0.545. The van der Waals surface area contributed by atoms with E-state index in [1.807, 2.05) is 12.2 Å². The molecule has 2 aliphatic carbocycles. The van der Waals surface area contributed by atoms with Gasteiger partial charge in [-0.25, -0.2) is 0 Å². The molecule has 2 rings (SSSR count). The first kappa shape index (κ1) is 10.2. The third kappa shape index (κ3) is 1.54. The standard InChI is InChI=1S/C11H13O4/c1-2-15-11(14)9-7-4-3-6(5-7)8(9)10(12)13/h3-4,6-9H,1-2,5H2,(H,12,13). The highest BCUT2D eigenvalue weighted by Crippen LogP contribution is 2.48. The maximum atomic E-state index is 11.6. The van der Waals surface area contributed by atoms with Gasteiger partial charge < -0.3 is 9.84 Å². The first-order valence-electron chi connectivity index (χ1n) is 5.02. The molecule has 1 fully saturated rings. The molecule has 0 aromatic heterocycles. The number of esters is 1. The number of carbonyl (C=O) groups is 2. The van der Waals surface area contributed by atoms with Crippen molar-refractivity contribution in [3.63, 3.8) is 0 Å². The smallest absolute Gasteiger partial charge is 0.310 e. The maximum Gasteiger partial charge on any atom is 0.310 e. The van der Waals surface area contributed by atoms with Crippen molar-refractivity contribution in [2.45, 2.75) is 6.42 Å². The van der Waals surface area contributed by atoms with Gasteiger partial charge in [0.1, 0.15) is 0 Å². The van der Waals surface area contributed by atoms with Crippen LogP contribution >= 0.6 is 0 Å². The number of carbonyl (C=O) groups excluding carboxylic acids is 1. The molecule has 2 aliphatic rings. The van der Waals surface area contributed by atoms with Crippen molar-refractivity contribution in [1.82, 2.24) is 0 Å². The Morgan fingerprint density at radius 3 is 2.47 bits per heavy atom. The molecule has 4 heteroatoms. The molecule has 0 aliphatic heterocycles. The second kappa shape index (κ2) is 3.68. The van der Waals surface area contributed by atoms with Crippen molar-refractivity contribution in [2.24, 2.45) is 23.7 Å². The van der Waals surface area contributed by atoms with Crippen LogP contribution in [0.4, 0.5) is 0 Å². The summed E-state index contributed by atoms with van der Waals surface area (Å²) >= 11 is 0. The van der Waals surface area contributed by atoms with E-state index in [1.54, 1.807) is 0 Å². The van der Waals surface area contributed by atoms with E-state index in [1.165, 1.54) is 0 Å². The number of fused-ring (bicyclic) bond motifs is 2. The van der Waals surface area contributed by atoms with Gasteiger partial charge in [-0.3, -0.25) is 9.59 Å². The lowest BCUT2D eigenvalue weighted by Crippen LogP contribution is -2.34. The zero-order valence-corrected chi connectivity index (χ0v) is 8.26. The van der Waals surface area contributed by atoms with Crippen LogP contribution in [-0.4, -0.2) is 23.7 Å². The number of carboxylic acid groups (broad SMARTS) is 1. The minimum atomic E-state index is -0.905. The highest BCUT2D eigenvalue weighted by atomic mass is 16.5. The maximum absolute atomic E-state index is 11.6. The Kier molecular flexibility index (Phi) is 2.50. The largest absolute Gasteiger partial charge is 0.481 e. The Bertz CT molecular complexity index is 321. The lowest BCUT2D eigenvalue weighted by atomic mass is 9.83. The van der Waals surface area contributed by atoms with Crippen LogP contribution in [0.3, 0.4) is 0 Å². The second-order valence-electron chi connectivity index (χ2n) is 4.01. The molecule has 2 bridgehead atoms. The normalized spacial score (nSPS) is 36.9. The molecule has 81 valence electrons. The zero-order valence-electron chi connectivity index (χ0n) is 8.26. The van der Waals surface area contributed by atoms with E-state index in [0.717, 1.165) is 6.42 Å². The van der Waals surface area contributed by atoms with Gasteiger partial charge in [-0.05, 0) is 25.2 Å². The molecule has 15 heavy (non-hydrogen) atoms. The summed E-state index contributed by atoms with van der Waals surface area (Å²) in [5.41, 5.74) is 0. The summed E-state index contributed by atoms with van der Waals surface area (Å²) < 4.78 is 4.81. The molecule has 4 unspecified atom stereocenters. The summed E-state index contributed by atoms with van der Waals surface area (Å²) in [6, 6.07) is 0. The number of allylic oxidation sites excluding steroid dienone is 2. The van der Waals surface area contributed by atoms with Crippen LogP contribution < -0.4 is 0 Å². The van der Waals surface area contributed by atoms with Crippen LogP contribution in [0.1, 0.15) is 6.42 Å². The molecule has 0 spiro atoms. The number of carboxylic acids is 1. The predicted molar refractivity (Wildman–Crippen MR) is 51.7 cm³/mol. The van der Waals surface area contributed by atoms with Crippen molar-refractivity contribution in [3.05, 3.63) is 19.1 Å². The van der Waals surface area contributed by atoms with Gasteiger partial charge in [-0.15, -0.1) is 0 Å². The quantitative estimate of drug-likeness (QED) is 0.553. The van der Waals surface area contributed by atoms with Gasteiger partial charge in [0, 0.05) is 0 Å². The van der Waals surface area contributed by atoms with Crippen LogP contribution in [0.2, 0.25) is 0 Å². The van der Waals surface area contributed by atoms with Gasteiger partial charge in [0.2, 0.25) is 0 Å². The molecule has 4 atom stereocenters. The van der Waals surface area contributed by atoms with Gasteiger partial charge in [-0.2, -0.15) is 0 Å². The molecule has 0 saturated heterocycles. The van der Waals surface area contributed by atoms with Gasteiger partial charge in [-0.1, -0.05) is 12.2 Å². The van der Waals surface area contributed by atoms with Crippen molar-refractivity contribution in [3.8, 4) is 0 Å². The lowest BCUT2D eigenvalue weighted by Gasteiger charge is -2.22. The first-order chi connectivity index (χ1) is 7.15. The van der Waals surface area contributed by atoms with E-state index in [-0.39, 0.29) is 18.4 Å². The number of rotatable bonds is 3. The Morgan fingerprint density at radius 2 is 1.93 bits per heavy atom. The molecule has 0 aromatic rings. The molecule has 0 amide bonds. The average Bonchev–Trinajstić information content (AvgIpc) is 2.76. The van der Waals surface area contributed by atoms with E-state index in [2.05, 4.69) is 6.92 Å². The second-order valence-corrected chi connectivity index (χ2v) is 4.01. The average molecular weight is 209 g/mol. The Balaban J connectivity index is 2.19. The Labute approximate surface area is 87.9 Å².